The number of carboxylic acids is 1. The molecular formula is C15H15FN2O2. The summed E-state index contributed by atoms with van der Waals surface area (Å²) >= 11 is 0. The van der Waals surface area contributed by atoms with E-state index in [2.05, 4.69) is 5.10 Å². The van der Waals surface area contributed by atoms with Gasteiger partial charge < -0.3 is 5.11 Å². The van der Waals surface area contributed by atoms with Gasteiger partial charge in [-0.3, -0.25) is 4.68 Å². The summed E-state index contributed by atoms with van der Waals surface area (Å²) in [4.78, 5) is 11.4. The SMILES string of the molecule is O=C(O)c1cn(C2CCCC2)nc1-c1ccc(F)cc1. The van der Waals surface area contributed by atoms with Crippen LogP contribution in [-0.2, 0) is 0 Å². The zero-order valence-electron chi connectivity index (χ0n) is 10.9. The Kier molecular flexibility index (Phi) is 3.26. The molecule has 1 aliphatic rings. The van der Waals surface area contributed by atoms with Crippen molar-refractivity contribution in [2.75, 3.05) is 0 Å². The number of carbonyl (C=O) groups is 1. The van der Waals surface area contributed by atoms with Crippen LogP contribution in [0.4, 0.5) is 4.39 Å². The first-order valence-electron chi connectivity index (χ1n) is 6.73. The van der Waals surface area contributed by atoms with Crippen molar-refractivity contribution < 1.29 is 14.3 Å². The van der Waals surface area contributed by atoms with Crippen LogP contribution in [0.2, 0.25) is 0 Å². The van der Waals surface area contributed by atoms with Crippen molar-refractivity contribution in [2.24, 2.45) is 0 Å². The highest BCUT2D eigenvalue weighted by atomic mass is 19.1. The molecule has 1 saturated carbocycles. The molecule has 0 saturated heterocycles. The summed E-state index contributed by atoms with van der Waals surface area (Å²) in [6, 6.07) is 6.03. The van der Waals surface area contributed by atoms with E-state index in [-0.39, 0.29) is 17.4 Å². The van der Waals surface area contributed by atoms with E-state index in [0.29, 0.717) is 11.3 Å². The number of rotatable bonds is 3. The summed E-state index contributed by atoms with van der Waals surface area (Å²) in [7, 11) is 0. The van der Waals surface area contributed by atoms with Gasteiger partial charge in [0.1, 0.15) is 17.1 Å². The highest BCUT2D eigenvalue weighted by Crippen LogP contribution is 2.31. The van der Waals surface area contributed by atoms with E-state index in [0.717, 1.165) is 25.7 Å². The number of nitrogens with zero attached hydrogens (tertiary/aromatic N) is 2. The number of aromatic carboxylic acids is 1. The average Bonchev–Trinajstić information content (AvgIpc) is 3.08. The molecule has 104 valence electrons. The van der Waals surface area contributed by atoms with Crippen LogP contribution in [0.3, 0.4) is 0 Å². The molecule has 0 aliphatic heterocycles. The van der Waals surface area contributed by atoms with Gasteiger partial charge in [0.15, 0.2) is 0 Å². The Balaban J connectivity index is 2.04. The molecule has 0 spiro atoms. The summed E-state index contributed by atoms with van der Waals surface area (Å²) in [6.45, 7) is 0. The molecule has 0 atom stereocenters. The van der Waals surface area contributed by atoms with E-state index in [1.165, 1.54) is 12.1 Å². The lowest BCUT2D eigenvalue weighted by molar-refractivity contribution is 0.0697. The molecule has 0 unspecified atom stereocenters. The molecule has 0 bridgehead atoms. The Labute approximate surface area is 115 Å². The molecular weight excluding hydrogens is 259 g/mol. The van der Waals surface area contributed by atoms with E-state index in [1.54, 1.807) is 23.0 Å². The van der Waals surface area contributed by atoms with E-state index in [1.807, 2.05) is 0 Å². The fourth-order valence-electron chi connectivity index (χ4n) is 2.72. The van der Waals surface area contributed by atoms with Gasteiger partial charge in [-0.1, -0.05) is 12.8 Å². The summed E-state index contributed by atoms with van der Waals surface area (Å²) in [6.07, 6.45) is 5.96. The standard InChI is InChI=1S/C15H15FN2O2/c16-11-7-5-10(6-8-11)14-13(15(19)20)9-18(17-14)12-3-1-2-4-12/h5-9,12H,1-4H2,(H,19,20). The number of halogens is 1. The molecule has 3 rings (SSSR count). The third-order valence-corrected chi connectivity index (χ3v) is 3.78. The molecule has 4 nitrogen and oxygen atoms in total. The quantitative estimate of drug-likeness (QED) is 0.931. The van der Waals surface area contributed by atoms with E-state index in [4.69, 9.17) is 0 Å². The van der Waals surface area contributed by atoms with E-state index >= 15 is 0 Å². The Morgan fingerprint density at radius 1 is 1.25 bits per heavy atom. The summed E-state index contributed by atoms with van der Waals surface area (Å²) in [5.41, 5.74) is 1.20. The fourth-order valence-corrected chi connectivity index (χ4v) is 2.72. The average molecular weight is 274 g/mol. The van der Waals surface area contributed by atoms with Crippen molar-refractivity contribution in [3.05, 3.63) is 41.8 Å². The van der Waals surface area contributed by atoms with Gasteiger partial charge in [-0.25, -0.2) is 9.18 Å². The van der Waals surface area contributed by atoms with Crippen LogP contribution >= 0.6 is 0 Å². The van der Waals surface area contributed by atoms with E-state index < -0.39 is 5.97 Å². The van der Waals surface area contributed by atoms with Crippen LogP contribution in [0, 0.1) is 5.82 Å². The third-order valence-electron chi connectivity index (χ3n) is 3.78. The monoisotopic (exact) mass is 274 g/mol. The van der Waals surface area contributed by atoms with Gasteiger partial charge in [-0.05, 0) is 37.1 Å². The molecule has 20 heavy (non-hydrogen) atoms. The van der Waals surface area contributed by atoms with Gasteiger partial charge in [-0.2, -0.15) is 5.10 Å². The van der Waals surface area contributed by atoms with Crippen molar-refractivity contribution in [1.82, 2.24) is 9.78 Å². The lowest BCUT2D eigenvalue weighted by atomic mass is 10.1. The first kappa shape index (κ1) is 12.8. The Morgan fingerprint density at radius 2 is 1.90 bits per heavy atom. The predicted octanol–water partition coefficient (Wildman–Crippen LogP) is 3.50. The smallest absolute Gasteiger partial charge is 0.339 e. The van der Waals surface area contributed by atoms with Crippen molar-refractivity contribution in [3.63, 3.8) is 0 Å². The van der Waals surface area contributed by atoms with Gasteiger partial charge >= 0.3 is 5.97 Å². The number of carboxylic acid groups (broad SMARTS) is 1. The zero-order valence-corrected chi connectivity index (χ0v) is 10.9. The largest absolute Gasteiger partial charge is 0.478 e. The number of hydrogen-bond acceptors (Lipinski definition) is 2. The van der Waals surface area contributed by atoms with Crippen LogP contribution < -0.4 is 0 Å². The number of benzene rings is 1. The second kappa shape index (κ2) is 5.07. The maximum Gasteiger partial charge on any atom is 0.339 e. The summed E-state index contributed by atoms with van der Waals surface area (Å²) in [5, 5.41) is 13.7. The molecule has 1 N–H and O–H groups in total. The number of aromatic nitrogens is 2. The number of hydrogen-bond donors (Lipinski definition) is 1. The highest BCUT2D eigenvalue weighted by molar-refractivity contribution is 5.94. The normalized spacial score (nSPS) is 15.7. The van der Waals surface area contributed by atoms with Crippen LogP contribution in [0.1, 0.15) is 42.1 Å². The van der Waals surface area contributed by atoms with Crippen LogP contribution in [0.15, 0.2) is 30.5 Å². The minimum atomic E-state index is -1.01. The Bertz CT molecular complexity index is 628. The Hall–Kier alpha value is -2.17. The maximum absolute atomic E-state index is 13.0. The van der Waals surface area contributed by atoms with Gasteiger partial charge in [-0.15, -0.1) is 0 Å². The fraction of sp³-hybridized carbons (Fsp3) is 0.333. The summed E-state index contributed by atoms with van der Waals surface area (Å²) < 4.78 is 14.7. The van der Waals surface area contributed by atoms with Gasteiger partial charge in [0, 0.05) is 11.8 Å². The lowest BCUT2D eigenvalue weighted by Gasteiger charge is -2.08. The molecule has 1 heterocycles. The minimum Gasteiger partial charge on any atom is -0.478 e. The predicted molar refractivity (Wildman–Crippen MR) is 72.1 cm³/mol. The topological polar surface area (TPSA) is 55.1 Å². The molecule has 1 aliphatic carbocycles. The van der Waals surface area contributed by atoms with E-state index in [9.17, 15) is 14.3 Å². The first-order chi connectivity index (χ1) is 9.65. The van der Waals surface area contributed by atoms with Crippen LogP contribution in [-0.4, -0.2) is 20.9 Å². The van der Waals surface area contributed by atoms with Crippen LogP contribution in [0.5, 0.6) is 0 Å². The molecule has 0 amide bonds. The van der Waals surface area contributed by atoms with Gasteiger partial charge in [0.25, 0.3) is 0 Å². The second-order valence-electron chi connectivity index (χ2n) is 5.12. The molecule has 1 fully saturated rings. The maximum atomic E-state index is 13.0. The third kappa shape index (κ3) is 2.31. The molecule has 2 aromatic rings. The second-order valence-corrected chi connectivity index (χ2v) is 5.12. The lowest BCUT2D eigenvalue weighted by Crippen LogP contribution is -2.05. The summed E-state index contributed by atoms with van der Waals surface area (Å²) in [5.74, 6) is -1.35. The van der Waals surface area contributed by atoms with Gasteiger partial charge in [0.05, 0.1) is 6.04 Å². The van der Waals surface area contributed by atoms with Crippen molar-refractivity contribution in [1.29, 1.82) is 0 Å². The minimum absolute atomic E-state index is 0.170. The van der Waals surface area contributed by atoms with Crippen molar-refractivity contribution >= 4 is 5.97 Å². The molecule has 0 radical (unpaired) electrons. The zero-order chi connectivity index (χ0) is 14.1. The van der Waals surface area contributed by atoms with Crippen molar-refractivity contribution in [3.8, 4) is 11.3 Å². The molecule has 1 aromatic carbocycles. The highest BCUT2D eigenvalue weighted by Gasteiger charge is 2.23. The molecule has 5 heteroatoms. The van der Waals surface area contributed by atoms with Gasteiger partial charge in [0.2, 0.25) is 0 Å². The van der Waals surface area contributed by atoms with Crippen LogP contribution in [0.25, 0.3) is 11.3 Å². The first-order valence-corrected chi connectivity index (χ1v) is 6.73. The molecule has 1 aromatic heterocycles. The Morgan fingerprint density at radius 3 is 2.50 bits per heavy atom. The van der Waals surface area contributed by atoms with Crippen molar-refractivity contribution in [2.45, 2.75) is 31.7 Å².